The fourth-order valence-corrected chi connectivity index (χ4v) is 3.06. The molecule has 1 heterocycles. The molecule has 1 N–H and O–H groups in total. The maximum absolute atomic E-state index is 12.3. The third kappa shape index (κ3) is 3.66. The maximum atomic E-state index is 12.3. The first kappa shape index (κ1) is 15.8. The number of hydrogen-bond donors (Lipinski definition) is 1. The second-order valence-corrected chi connectivity index (χ2v) is 6.13. The lowest BCUT2D eigenvalue weighted by atomic mass is 9.89. The first-order valence-electron chi connectivity index (χ1n) is 7.07. The Hall–Kier alpha value is -2.04. The minimum absolute atomic E-state index is 0.130. The number of carbonyl (C=O) groups excluding carboxylic acids is 2. The van der Waals surface area contributed by atoms with Crippen LogP contribution in [-0.2, 0) is 9.59 Å². The maximum Gasteiger partial charge on any atom is 0.311 e. The molecule has 2 aromatic rings. The van der Waals surface area contributed by atoms with Gasteiger partial charge in [0.05, 0.1) is 6.42 Å². The largest absolute Gasteiger partial charge is 0.426 e. The molecule has 0 fully saturated rings. The molecule has 1 atom stereocenters. The van der Waals surface area contributed by atoms with Crippen LogP contribution < -0.4 is 10.1 Å². The Kier molecular flexibility index (Phi) is 4.55. The Morgan fingerprint density at radius 3 is 2.65 bits per heavy atom. The predicted octanol–water partition coefficient (Wildman–Crippen LogP) is 4.41. The molecule has 0 unspecified atom stereocenters. The summed E-state index contributed by atoms with van der Waals surface area (Å²) in [6.07, 6.45) is 0.277. The van der Waals surface area contributed by atoms with Crippen LogP contribution in [0.25, 0.3) is 0 Å². The van der Waals surface area contributed by atoms with Gasteiger partial charge in [-0.05, 0) is 36.4 Å². The fraction of sp³-hybridized carbons (Fsp3) is 0.176. The average Bonchev–Trinajstić information content (AvgIpc) is 2.49. The van der Waals surface area contributed by atoms with Crippen LogP contribution in [0.5, 0.6) is 5.75 Å². The predicted molar refractivity (Wildman–Crippen MR) is 89.1 cm³/mol. The van der Waals surface area contributed by atoms with E-state index in [0.29, 0.717) is 27.0 Å². The van der Waals surface area contributed by atoms with Crippen LogP contribution in [0.15, 0.2) is 42.5 Å². The molecule has 0 radical (unpaired) electrons. The van der Waals surface area contributed by atoms with Crippen LogP contribution >= 0.6 is 23.2 Å². The number of ether oxygens (including phenoxy) is 1. The van der Waals surface area contributed by atoms with Crippen molar-refractivity contribution in [3.8, 4) is 5.75 Å². The van der Waals surface area contributed by atoms with Gasteiger partial charge in [0, 0.05) is 33.6 Å². The zero-order valence-corrected chi connectivity index (χ0v) is 13.5. The van der Waals surface area contributed by atoms with E-state index in [4.69, 9.17) is 27.9 Å². The van der Waals surface area contributed by atoms with Crippen LogP contribution in [0.3, 0.4) is 0 Å². The highest BCUT2D eigenvalue weighted by Gasteiger charge is 2.30. The van der Waals surface area contributed by atoms with Crippen molar-refractivity contribution in [2.75, 3.05) is 5.32 Å². The second-order valence-electron chi connectivity index (χ2n) is 5.29. The molecular formula is C17H13Cl2NO3. The van der Waals surface area contributed by atoms with Gasteiger partial charge < -0.3 is 10.1 Å². The van der Waals surface area contributed by atoms with Crippen LogP contribution in [0.4, 0.5) is 5.69 Å². The van der Waals surface area contributed by atoms with Gasteiger partial charge in [-0.1, -0.05) is 29.3 Å². The molecule has 118 valence electrons. The van der Waals surface area contributed by atoms with Gasteiger partial charge in [-0.3, -0.25) is 9.59 Å². The number of amides is 1. The number of carbonyl (C=O) groups is 2. The lowest BCUT2D eigenvalue weighted by Gasteiger charge is -2.25. The number of fused-ring (bicyclic) bond motifs is 1. The van der Waals surface area contributed by atoms with Crippen molar-refractivity contribution < 1.29 is 14.3 Å². The van der Waals surface area contributed by atoms with E-state index in [1.807, 2.05) is 0 Å². The summed E-state index contributed by atoms with van der Waals surface area (Å²) in [6.45, 7) is 0. The van der Waals surface area contributed by atoms with Crippen LogP contribution in [0.2, 0.25) is 10.0 Å². The highest BCUT2D eigenvalue weighted by atomic mass is 35.5. The number of rotatable bonds is 3. The van der Waals surface area contributed by atoms with Gasteiger partial charge in [0.15, 0.2) is 0 Å². The number of benzene rings is 2. The smallest absolute Gasteiger partial charge is 0.311 e. The van der Waals surface area contributed by atoms with E-state index < -0.39 is 0 Å². The molecule has 0 aromatic heterocycles. The molecule has 0 aliphatic carbocycles. The molecule has 0 spiro atoms. The monoisotopic (exact) mass is 349 g/mol. The molecule has 1 amide bonds. The van der Waals surface area contributed by atoms with Crippen LogP contribution in [0.1, 0.15) is 24.3 Å². The Labute approximate surface area is 143 Å². The van der Waals surface area contributed by atoms with Crippen molar-refractivity contribution in [3.63, 3.8) is 0 Å². The SMILES string of the molecule is O=C(C[C@@H]1CC(=O)Oc2cccc(Cl)c21)Nc1ccc(Cl)cc1. The van der Waals surface area contributed by atoms with Crippen molar-refractivity contribution >= 4 is 40.8 Å². The lowest BCUT2D eigenvalue weighted by molar-refractivity contribution is -0.136. The summed E-state index contributed by atoms with van der Waals surface area (Å²) < 4.78 is 5.19. The van der Waals surface area contributed by atoms with Crippen LogP contribution in [-0.4, -0.2) is 11.9 Å². The number of nitrogens with one attached hydrogen (secondary N) is 1. The van der Waals surface area contributed by atoms with E-state index in [9.17, 15) is 9.59 Å². The highest BCUT2D eigenvalue weighted by Crippen LogP contribution is 2.40. The summed E-state index contributed by atoms with van der Waals surface area (Å²) in [7, 11) is 0. The molecule has 23 heavy (non-hydrogen) atoms. The van der Waals surface area contributed by atoms with E-state index in [-0.39, 0.29) is 30.6 Å². The van der Waals surface area contributed by atoms with Crippen molar-refractivity contribution in [3.05, 3.63) is 58.1 Å². The molecule has 3 rings (SSSR count). The molecular weight excluding hydrogens is 337 g/mol. The molecule has 2 aromatic carbocycles. The van der Waals surface area contributed by atoms with Gasteiger partial charge in [0.1, 0.15) is 5.75 Å². The molecule has 0 bridgehead atoms. The van der Waals surface area contributed by atoms with Gasteiger partial charge >= 0.3 is 5.97 Å². The third-order valence-corrected chi connectivity index (χ3v) is 4.20. The van der Waals surface area contributed by atoms with Crippen molar-refractivity contribution in [1.82, 2.24) is 0 Å². The number of hydrogen-bond acceptors (Lipinski definition) is 3. The zero-order chi connectivity index (χ0) is 16.4. The lowest BCUT2D eigenvalue weighted by Crippen LogP contribution is -2.24. The minimum Gasteiger partial charge on any atom is -0.426 e. The normalized spacial score (nSPS) is 16.4. The van der Waals surface area contributed by atoms with Gasteiger partial charge in [0.25, 0.3) is 0 Å². The summed E-state index contributed by atoms with van der Waals surface area (Å²) in [5.41, 5.74) is 1.36. The Morgan fingerprint density at radius 1 is 1.17 bits per heavy atom. The summed E-state index contributed by atoms with van der Waals surface area (Å²) in [4.78, 5) is 24.0. The number of esters is 1. The Morgan fingerprint density at radius 2 is 1.91 bits per heavy atom. The van der Waals surface area contributed by atoms with E-state index in [1.165, 1.54) is 0 Å². The topological polar surface area (TPSA) is 55.4 Å². The molecule has 1 aliphatic rings. The van der Waals surface area contributed by atoms with Crippen LogP contribution in [0, 0.1) is 0 Å². The quantitative estimate of drug-likeness (QED) is 0.659. The first-order valence-corrected chi connectivity index (χ1v) is 7.83. The zero-order valence-electron chi connectivity index (χ0n) is 12.0. The average molecular weight is 350 g/mol. The minimum atomic E-state index is -0.357. The van der Waals surface area contributed by atoms with Gasteiger partial charge in [-0.25, -0.2) is 0 Å². The fourth-order valence-electron chi connectivity index (χ4n) is 2.61. The third-order valence-electron chi connectivity index (χ3n) is 3.62. The van der Waals surface area contributed by atoms with Gasteiger partial charge in [-0.15, -0.1) is 0 Å². The summed E-state index contributed by atoms with van der Waals surface area (Å²) >= 11 is 12.0. The van der Waals surface area contributed by atoms with E-state index >= 15 is 0 Å². The second kappa shape index (κ2) is 6.60. The summed E-state index contributed by atoms with van der Waals surface area (Å²) in [5, 5.41) is 3.88. The molecule has 1 aliphatic heterocycles. The Bertz CT molecular complexity index is 759. The highest BCUT2D eigenvalue weighted by molar-refractivity contribution is 6.31. The summed E-state index contributed by atoms with van der Waals surface area (Å²) in [5.74, 6) is -0.424. The molecule has 4 nitrogen and oxygen atoms in total. The van der Waals surface area contributed by atoms with Gasteiger partial charge in [-0.2, -0.15) is 0 Å². The number of anilines is 1. The number of halogens is 2. The van der Waals surface area contributed by atoms with E-state index in [2.05, 4.69) is 5.32 Å². The first-order chi connectivity index (χ1) is 11.0. The molecule has 0 saturated carbocycles. The van der Waals surface area contributed by atoms with Gasteiger partial charge in [0.2, 0.25) is 5.91 Å². The molecule has 0 saturated heterocycles. The van der Waals surface area contributed by atoms with Crippen molar-refractivity contribution in [2.24, 2.45) is 0 Å². The van der Waals surface area contributed by atoms with Crippen molar-refractivity contribution in [2.45, 2.75) is 18.8 Å². The van der Waals surface area contributed by atoms with E-state index in [0.717, 1.165) is 0 Å². The van der Waals surface area contributed by atoms with Crippen molar-refractivity contribution in [1.29, 1.82) is 0 Å². The van der Waals surface area contributed by atoms with E-state index in [1.54, 1.807) is 42.5 Å². The summed E-state index contributed by atoms with van der Waals surface area (Å²) in [6, 6.07) is 12.0. The molecule has 6 heteroatoms. The Balaban J connectivity index is 1.76. The standard InChI is InChI=1S/C17H13Cl2NO3/c18-11-4-6-12(7-5-11)20-15(21)8-10-9-16(22)23-14-3-1-2-13(19)17(10)14/h1-7,10H,8-9H2,(H,20,21)/t10-/m1/s1.